The van der Waals surface area contributed by atoms with E-state index in [0.29, 0.717) is 17.7 Å². The van der Waals surface area contributed by atoms with Crippen LogP contribution in [-0.4, -0.2) is 79.7 Å². The summed E-state index contributed by atoms with van der Waals surface area (Å²) >= 11 is 0. The fraction of sp³-hybridized carbons (Fsp3) is 0.455. The van der Waals surface area contributed by atoms with Gasteiger partial charge < -0.3 is 29.3 Å². The Morgan fingerprint density at radius 1 is 1.14 bits per heavy atom. The molecule has 188 valence electrons. The molecule has 35 heavy (non-hydrogen) atoms. The Labute approximate surface area is 198 Å². The van der Waals surface area contributed by atoms with Crippen molar-refractivity contribution in [1.82, 2.24) is 20.2 Å². The van der Waals surface area contributed by atoms with E-state index in [1.807, 2.05) is 0 Å². The highest BCUT2D eigenvalue weighted by Gasteiger charge is 2.36. The molecule has 1 saturated heterocycles. The Balaban J connectivity index is 1.71. The first-order valence-electron chi connectivity index (χ1n) is 10.9. The number of rotatable bonds is 3. The molecule has 0 radical (unpaired) electrons. The zero-order valence-corrected chi connectivity index (χ0v) is 18.9. The van der Waals surface area contributed by atoms with Crippen LogP contribution in [-0.2, 0) is 25.2 Å². The van der Waals surface area contributed by atoms with E-state index in [1.165, 1.54) is 30.4 Å². The third kappa shape index (κ3) is 5.66. The van der Waals surface area contributed by atoms with Crippen molar-refractivity contribution in [3.8, 4) is 5.75 Å². The summed E-state index contributed by atoms with van der Waals surface area (Å²) in [5.74, 6) is -1.57. The molecule has 3 heterocycles. The number of carbonyl (C=O) groups excluding carboxylic acids is 2. The number of anilines is 1. The molecule has 0 bridgehead atoms. The molecule has 0 saturated carbocycles. The lowest BCUT2D eigenvalue weighted by Gasteiger charge is -2.31. The van der Waals surface area contributed by atoms with Crippen molar-refractivity contribution in [3.63, 3.8) is 0 Å². The first-order valence-corrected chi connectivity index (χ1v) is 10.9. The summed E-state index contributed by atoms with van der Waals surface area (Å²) in [6, 6.07) is 4.51. The first kappa shape index (κ1) is 24.4. The average molecular weight is 495 g/mol. The number of nitrogens with zero attached hydrogens (tertiary/aromatic N) is 4. The Bertz CT molecular complexity index is 1140. The quantitative estimate of drug-likeness (QED) is 0.686. The second-order valence-corrected chi connectivity index (χ2v) is 7.83. The smallest absolute Gasteiger partial charge is 0.451 e. The molecule has 4 rings (SSSR count). The van der Waals surface area contributed by atoms with E-state index in [1.54, 1.807) is 11.0 Å². The SMILES string of the molecule is COc1ccc2nc(C(F)(F)F)nc(N3CCNC(=O)CCN(C(=O)C4=COCCO4)CC3)c2c1. The van der Waals surface area contributed by atoms with Gasteiger partial charge in [0.25, 0.3) is 5.91 Å². The summed E-state index contributed by atoms with van der Waals surface area (Å²) < 4.78 is 56.5. The molecule has 2 amide bonds. The summed E-state index contributed by atoms with van der Waals surface area (Å²) in [4.78, 5) is 35.7. The molecule has 0 unspecified atom stereocenters. The third-order valence-electron chi connectivity index (χ3n) is 5.54. The molecule has 0 spiro atoms. The molecular weight excluding hydrogens is 471 g/mol. The highest BCUT2D eigenvalue weighted by atomic mass is 19.4. The molecule has 2 aliphatic rings. The van der Waals surface area contributed by atoms with Crippen molar-refractivity contribution in [2.24, 2.45) is 0 Å². The van der Waals surface area contributed by atoms with Gasteiger partial charge in [0.15, 0.2) is 0 Å². The van der Waals surface area contributed by atoms with Crippen LogP contribution in [0.25, 0.3) is 10.9 Å². The van der Waals surface area contributed by atoms with Crippen molar-refractivity contribution in [2.45, 2.75) is 12.6 Å². The average Bonchev–Trinajstić information content (AvgIpc) is 2.86. The maximum atomic E-state index is 13.6. The van der Waals surface area contributed by atoms with Crippen molar-refractivity contribution in [2.75, 3.05) is 57.9 Å². The van der Waals surface area contributed by atoms with Gasteiger partial charge in [-0.05, 0) is 18.2 Å². The summed E-state index contributed by atoms with van der Waals surface area (Å²) in [5, 5.41) is 3.08. The predicted molar refractivity (Wildman–Crippen MR) is 117 cm³/mol. The van der Waals surface area contributed by atoms with Gasteiger partial charge in [0.1, 0.15) is 31.0 Å². The van der Waals surface area contributed by atoms with Crippen LogP contribution in [0.2, 0.25) is 0 Å². The van der Waals surface area contributed by atoms with Crippen LogP contribution in [0.5, 0.6) is 5.75 Å². The van der Waals surface area contributed by atoms with Crippen LogP contribution in [0.4, 0.5) is 19.0 Å². The number of hydrogen-bond acceptors (Lipinski definition) is 8. The number of nitrogens with one attached hydrogen (secondary N) is 1. The molecule has 1 N–H and O–H groups in total. The number of methoxy groups -OCH3 is 1. The van der Waals surface area contributed by atoms with E-state index in [2.05, 4.69) is 15.3 Å². The van der Waals surface area contributed by atoms with Gasteiger partial charge in [-0.25, -0.2) is 9.97 Å². The topological polar surface area (TPSA) is 106 Å². The summed E-state index contributed by atoms with van der Waals surface area (Å²) in [5.41, 5.74) is 0.0927. The monoisotopic (exact) mass is 495 g/mol. The van der Waals surface area contributed by atoms with Crippen molar-refractivity contribution in [1.29, 1.82) is 0 Å². The highest BCUT2D eigenvalue weighted by molar-refractivity contribution is 5.92. The number of benzene rings is 1. The van der Waals surface area contributed by atoms with E-state index in [4.69, 9.17) is 14.2 Å². The van der Waals surface area contributed by atoms with E-state index in [9.17, 15) is 22.8 Å². The van der Waals surface area contributed by atoms with Crippen LogP contribution in [0.15, 0.2) is 30.2 Å². The van der Waals surface area contributed by atoms with E-state index < -0.39 is 17.9 Å². The lowest BCUT2D eigenvalue weighted by Crippen LogP contribution is -2.46. The largest absolute Gasteiger partial charge is 0.497 e. The molecule has 1 aromatic heterocycles. The van der Waals surface area contributed by atoms with Crippen molar-refractivity contribution >= 4 is 28.5 Å². The van der Waals surface area contributed by atoms with Crippen LogP contribution < -0.4 is 15.0 Å². The predicted octanol–water partition coefficient (Wildman–Crippen LogP) is 1.70. The highest BCUT2D eigenvalue weighted by Crippen LogP contribution is 2.33. The molecule has 2 aromatic rings. The van der Waals surface area contributed by atoms with Gasteiger partial charge in [-0.1, -0.05) is 0 Å². The number of fused-ring (bicyclic) bond motifs is 1. The lowest BCUT2D eigenvalue weighted by atomic mass is 10.2. The fourth-order valence-electron chi connectivity index (χ4n) is 3.76. The number of carbonyl (C=O) groups is 2. The van der Waals surface area contributed by atoms with Gasteiger partial charge >= 0.3 is 6.18 Å². The Morgan fingerprint density at radius 2 is 1.97 bits per heavy atom. The van der Waals surface area contributed by atoms with E-state index in [0.717, 1.165) is 0 Å². The maximum Gasteiger partial charge on any atom is 0.451 e. The zero-order valence-electron chi connectivity index (χ0n) is 18.9. The van der Waals surface area contributed by atoms with E-state index >= 15 is 0 Å². The second-order valence-electron chi connectivity index (χ2n) is 7.83. The minimum Gasteiger partial charge on any atom is -0.497 e. The summed E-state index contributed by atoms with van der Waals surface area (Å²) in [6.07, 6.45) is -3.46. The Hall–Kier alpha value is -3.77. The summed E-state index contributed by atoms with van der Waals surface area (Å²) in [7, 11) is 1.44. The number of alkyl halides is 3. The van der Waals surface area contributed by atoms with Gasteiger partial charge in [0, 0.05) is 44.5 Å². The van der Waals surface area contributed by atoms with Gasteiger partial charge in [-0.2, -0.15) is 13.2 Å². The first-order chi connectivity index (χ1) is 16.8. The number of ether oxygens (including phenoxy) is 3. The maximum absolute atomic E-state index is 13.6. The molecule has 1 fully saturated rings. The second kappa shape index (κ2) is 10.2. The van der Waals surface area contributed by atoms with Gasteiger partial charge in [-0.3, -0.25) is 9.59 Å². The minimum atomic E-state index is -4.76. The Kier molecular flexibility index (Phi) is 7.12. The van der Waals surface area contributed by atoms with Crippen molar-refractivity contribution in [3.05, 3.63) is 36.0 Å². The van der Waals surface area contributed by atoms with Crippen molar-refractivity contribution < 1.29 is 37.0 Å². The molecule has 2 aliphatic heterocycles. The normalized spacial score (nSPS) is 17.7. The van der Waals surface area contributed by atoms with Gasteiger partial charge in [-0.15, -0.1) is 0 Å². The zero-order chi connectivity index (χ0) is 25.0. The molecule has 13 heteroatoms. The molecule has 1 aromatic carbocycles. The molecule has 0 atom stereocenters. The fourth-order valence-corrected chi connectivity index (χ4v) is 3.76. The third-order valence-corrected chi connectivity index (χ3v) is 5.54. The summed E-state index contributed by atoms with van der Waals surface area (Å²) in [6.45, 7) is 1.25. The number of halogens is 3. The lowest BCUT2D eigenvalue weighted by molar-refractivity contribution is -0.144. The van der Waals surface area contributed by atoms with Gasteiger partial charge in [0.05, 0.1) is 12.6 Å². The van der Waals surface area contributed by atoms with Crippen LogP contribution >= 0.6 is 0 Å². The molecule has 0 aliphatic carbocycles. The van der Waals surface area contributed by atoms with E-state index in [-0.39, 0.29) is 68.8 Å². The van der Waals surface area contributed by atoms with Crippen LogP contribution in [0.3, 0.4) is 0 Å². The number of amides is 2. The molecule has 10 nitrogen and oxygen atoms in total. The number of hydrogen-bond donors (Lipinski definition) is 1. The standard InChI is InChI=1S/C22H24F3N5O5/c1-33-14-2-3-16-15(12-14)19(28-21(27-16)22(23,24)25)29-7-5-26-18(31)4-6-30(9-8-29)20(32)17-13-34-10-11-35-17/h2-3,12-13H,4-11H2,1H3,(H,26,31). The Morgan fingerprint density at radius 3 is 2.69 bits per heavy atom. The molecular formula is C22H24F3N5O5. The van der Waals surface area contributed by atoms with Gasteiger partial charge in [0.2, 0.25) is 17.5 Å². The van der Waals surface area contributed by atoms with Crippen LogP contribution in [0, 0.1) is 0 Å². The van der Waals surface area contributed by atoms with Crippen LogP contribution in [0.1, 0.15) is 12.2 Å². The minimum absolute atomic E-state index is 0.0110. The number of aromatic nitrogens is 2.